The Hall–Kier alpha value is -3.02. The highest BCUT2D eigenvalue weighted by Crippen LogP contribution is 2.30. The summed E-state index contributed by atoms with van der Waals surface area (Å²) >= 11 is 0. The number of nitrogens with zero attached hydrogens (tertiary/aromatic N) is 2. The van der Waals surface area contributed by atoms with E-state index in [0.29, 0.717) is 13.1 Å². The molecule has 4 amide bonds. The van der Waals surface area contributed by atoms with Gasteiger partial charge in [0.15, 0.2) is 0 Å². The molecule has 0 aromatic heterocycles. The summed E-state index contributed by atoms with van der Waals surface area (Å²) in [6.45, 7) is 13.6. The highest BCUT2D eigenvalue weighted by atomic mass is 16.5. The Kier molecular flexibility index (Phi) is 16.2. The largest absolute Gasteiger partial charge is 0.379 e. The van der Waals surface area contributed by atoms with Crippen LogP contribution in [0.3, 0.4) is 0 Å². The summed E-state index contributed by atoms with van der Waals surface area (Å²) in [5.41, 5.74) is -0.699. The molecule has 282 valence electrons. The van der Waals surface area contributed by atoms with Crippen LogP contribution >= 0.6 is 0 Å². The summed E-state index contributed by atoms with van der Waals surface area (Å²) in [4.78, 5) is 58.4. The number of hydrogen-bond acceptors (Lipinski definition) is 7. The molecule has 5 unspecified atom stereocenters. The van der Waals surface area contributed by atoms with E-state index in [1.165, 1.54) is 0 Å². The lowest BCUT2D eigenvalue weighted by atomic mass is 9.89. The SMILES string of the molecule is CC[C@H](C)C(C(CC(=O)N1CCCC1C(OC)[C@@H](C)C(=O)NCCC1C=CC=CC=C1)OC)N(C)C(=O)C(NC(=O)[C@]1(C)CCCN1)C(C)C. The first-order chi connectivity index (χ1) is 23.8. The molecular formula is C39H65N5O6. The van der Waals surface area contributed by atoms with Gasteiger partial charge in [0, 0.05) is 34.4 Å². The quantitative estimate of drug-likeness (QED) is 0.197. The second kappa shape index (κ2) is 19.6. The number of hydrogen-bond donors (Lipinski definition) is 3. The molecule has 0 saturated carbocycles. The van der Waals surface area contributed by atoms with Crippen LogP contribution < -0.4 is 16.0 Å². The van der Waals surface area contributed by atoms with Crippen molar-refractivity contribution in [1.29, 1.82) is 0 Å². The van der Waals surface area contributed by atoms with Crippen LogP contribution in [0, 0.1) is 23.7 Å². The van der Waals surface area contributed by atoms with Crippen LogP contribution in [0.15, 0.2) is 36.5 Å². The Morgan fingerprint density at radius 1 is 1.02 bits per heavy atom. The second-order valence-electron chi connectivity index (χ2n) is 15.0. The van der Waals surface area contributed by atoms with Crippen LogP contribution in [0.2, 0.25) is 0 Å². The van der Waals surface area contributed by atoms with Crippen molar-refractivity contribution in [2.45, 2.75) is 122 Å². The number of carbonyl (C=O) groups is 4. The van der Waals surface area contributed by atoms with Gasteiger partial charge in [-0.25, -0.2) is 0 Å². The van der Waals surface area contributed by atoms with Crippen LogP contribution in [0.1, 0.15) is 86.5 Å². The molecule has 50 heavy (non-hydrogen) atoms. The van der Waals surface area contributed by atoms with Gasteiger partial charge in [0.25, 0.3) is 0 Å². The lowest BCUT2D eigenvalue weighted by Crippen LogP contribution is -2.61. The molecule has 0 bridgehead atoms. The van der Waals surface area contributed by atoms with Gasteiger partial charge >= 0.3 is 0 Å². The van der Waals surface area contributed by atoms with Crippen molar-refractivity contribution in [2.75, 3.05) is 40.9 Å². The van der Waals surface area contributed by atoms with E-state index in [0.717, 1.165) is 45.1 Å². The number of rotatable bonds is 18. The maximum absolute atomic E-state index is 14.1. The van der Waals surface area contributed by atoms with Gasteiger partial charge in [0.1, 0.15) is 6.04 Å². The molecule has 3 aliphatic rings. The van der Waals surface area contributed by atoms with E-state index >= 15 is 0 Å². The van der Waals surface area contributed by atoms with Gasteiger partial charge in [0.2, 0.25) is 23.6 Å². The average molecular weight is 700 g/mol. The van der Waals surface area contributed by atoms with Gasteiger partial charge in [-0.15, -0.1) is 0 Å². The zero-order valence-corrected chi connectivity index (χ0v) is 32.1. The van der Waals surface area contributed by atoms with Crippen molar-refractivity contribution >= 4 is 23.6 Å². The highest BCUT2D eigenvalue weighted by Gasteiger charge is 2.44. The van der Waals surface area contributed by atoms with Crippen LogP contribution in [0.4, 0.5) is 0 Å². The molecule has 3 rings (SSSR count). The van der Waals surface area contributed by atoms with Crippen molar-refractivity contribution in [3.63, 3.8) is 0 Å². The summed E-state index contributed by atoms with van der Waals surface area (Å²) in [5.74, 6) is -0.866. The number of ether oxygens (including phenoxy) is 2. The number of methoxy groups -OCH3 is 2. The summed E-state index contributed by atoms with van der Waals surface area (Å²) in [5, 5.41) is 9.41. The minimum Gasteiger partial charge on any atom is -0.379 e. The number of likely N-dealkylation sites (N-methyl/N-ethyl adjacent to an activating group) is 1. The zero-order valence-electron chi connectivity index (χ0n) is 32.1. The topological polar surface area (TPSA) is 129 Å². The monoisotopic (exact) mass is 699 g/mol. The molecule has 8 atom stereocenters. The van der Waals surface area contributed by atoms with Crippen molar-refractivity contribution in [3.8, 4) is 0 Å². The van der Waals surface area contributed by atoms with Gasteiger partial charge in [-0.2, -0.15) is 0 Å². The van der Waals surface area contributed by atoms with E-state index < -0.39 is 35.7 Å². The minimum absolute atomic E-state index is 0.0179. The number of likely N-dealkylation sites (tertiary alicyclic amines) is 1. The van der Waals surface area contributed by atoms with Crippen molar-refractivity contribution < 1.29 is 28.7 Å². The standard InChI is InChI=1S/C39H65N5O6/c1-10-27(4)34(43(7)37(47)33(26(2)3)42-38(48)39(6)21-16-22-41-39)31(49-8)25-32(45)44-24-15-19-30(44)35(50-9)28(5)36(46)40-23-20-29-17-13-11-12-14-18-29/h11-14,17-18,26-31,33-35,41H,10,15-16,19-25H2,1-9H3,(H,40,46)(H,42,48)/t27-,28+,30?,31?,33?,34?,35?,39-/m0/s1. The second-order valence-corrected chi connectivity index (χ2v) is 15.0. The van der Waals surface area contributed by atoms with E-state index in [4.69, 9.17) is 9.47 Å². The van der Waals surface area contributed by atoms with E-state index in [1.807, 2.05) is 56.9 Å². The van der Waals surface area contributed by atoms with E-state index in [1.54, 1.807) is 26.2 Å². The fourth-order valence-electron chi connectivity index (χ4n) is 7.75. The smallest absolute Gasteiger partial charge is 0.245 e. The third-order valence-electron chi connectivity index (χ3n) is 11.2. The van der Waals surface area contributed by atoms with Gasteiger partial charge in [-0.1, -0.05) is 77.5 Å². The Morgan fingerprint density at radius 3 is 2.26 bits per heavy atom. The van der Waals surface area contributed by atoms with Gasteiger partial charge in [0.05, 0.1) is 42.2 Å². The molecule has 2 heterocycles. The number of carbonyl (C=O) groups excluding carboxylic acids is 4. The van der Waals surface area contributed by atoms with Gasteiger partial charge < -0.3 is 35.2 Å². The molecule has 0 radical (unpaired) electrons. The number of amides is 4. The maximum Gasteiger partial charge on any atom is 0.245 e. The number of allylic oxidation sites excluding steroid dienone is 6. The van der Waals surface area contributed by atoms with E-state index in [-0.39, 0.29) is 53.8 Å². The molecule has 2 aliphatic heterocycles. The molecule has 3 N–H and O–H groups in total. The zero-order chi connectivity index (χ0) is 37.0. The number of nitrogens with one attached hydrogen (secondary N) is 3. The third-order valence-corrected chi connectivity index (χ3v) is 11.2. The van der Waals surface area contributed by atoms with E-state index in [9.17, 15) is 19.2 Å². The first-order valence-electron chi connectivity index (χ1n) is 18.8. The fraction of sp³-hybridized carbons (Fsp3) is 0.744. The predicted octanol–water partition coefficient (Wildman–Crippen LogP) is 3.99. The minimum atomic E-state index is -0.721. The highest BCUT2D eigenvalue weighted by molar-refractivity contribution is 5.92. The third kappa shape index (κ3) is 10.5. The molecule has 11 nitrogen and oxygen atoms in total. The van der Waals surface area contributed by atoms with Crippen LogP contribution in [-0.4, -0.2) is 110 Å². The Labute approximate surface area is 301 Å². The summed E-state index contributed by atoms with van der Waals surface area (Å²) in [6.07, 6.45) is 16.1. The molecule has 0 aromatic rings. The molecule has 2 fully saturated rings. The molecule has 0 spiro atoms. The molecule has 11 heteroatoms. The van der Waals surface area contributed by atoms with Gasteiger partial charge in [-0.05, 0) is 63.3 Å². The van der Waals surface area contributed by atoms with Crippen LogP contribution in [0.25, 0.3) is 0 Å². The summed E-state index contributed by atoms with van der Waals surface area (Å²) < 4.78 is 11.9. The Balaban J connectivity index is 1.70. The lowest BCUT2D eigenvalue weighted by Gasteiger charge is -2.41. The van der Waals surface area contributed by atoms with Crippen LogP contribution in [0.5, 0.6) is 0 Å². The van der Waals surface area contributed by atoms with Crippen molar-refractivity contribution in [3.05, 3.63) is 36.5 Å². The Bertz CT molecular complexity index is 1210. The molecule has 0 aromatic carbocycles. The summed E-state index contributed by atoms with van der Waals surface area (Å²) in [6, 6.07) is -1.38. The molecular weight excluding hydrogens is 634 g/mol. The predicted molar refractivity (Wildman–Crippen MR) is 197 cm³/mol. The van der Waals surface area contributed by atoms with E-state index in [2.05, 4.69) is 41.9 Å². The van der Waals surface area contributed by atoms with Crippen molar-refractivity contribution in [1.82, 2.24) is 25.8 Å². The first-order valence-corrected chi connectivity index (χ1v) is 18.8. The maximum atomic E-state index is 14.1. The van der Waals surface area contributed by atoms with Crippen molar-refractivity contribution in [2.24, 2.45) is 23.7 Å². The first kappa shape index (κ1) is 41.4. The Morgan fingerprint density at radius 2 is 1.70 bits per heavy atom. The van der Waals surface area contributed by atoms with Crippen LogP contribution in [-0.2, 0) is 28.7 Å². The average Bonchev–Trinajstić information content (AvgIpc) is 3.69. The van der Waals surface area contributed by atoms with Gasteiger partial charge in [-0.3, -0.25) is 19.2 Å². The lowest BCUT2D eigenvalue weighted by molar-refractivity contribution is -0.148. The molecule has 2 saturated heterocycles. The fourth-order valence-corrected chi connectivity index (χ4v) is 7.75. The normalized spacial score (nSPS) is 24.4. The summed E-state index contributed by atoms with van der Waals surface area (Å²) in [7, 11) is 4.95. The molecule has 1 aliphatic carbocycles.